The van der Waals surface area contributed by atoms with Gasteiger partial charge >= 0.3 is 5.97 Å². The van der Waals surface area contributed by atoms with Crippen molar-refractivity contribution in [3.05, 3.63) is 34.2 Å². The van der Waals surface area contributed by atoms with Gasteiger partial charge in [-0.25, -0.2) is 0 Å². The Bertz CT molecular complexity index is 544. The number of amides is 1. The van der Waals surface area contributed by atoms with E-state index in [2.05, 4.69) is 10.3 Å². The van der Waals surface area contributed by atoms with Crippen LogP contribution in [0.5, 0.6) is 0 Å². The van der Waals surface area contributed by atoms with Crippen LogP contribution in [-0.2, 0) is 4.79 Å². The fraction of sp³-hybridized carbons (Fsp3) is 0.462. The van der Waals surface area contributed by atoms with E-state index < -0.39 is 17.3 Å². The number of aliphatic carboxylic acids is 1. The molecule has 1 amide bonds. The molecule has 1 fully saturated rings. The van der Waals surface area contributed by atoms with Crippen molar-refractivity contribution in [3.63, 3.8) is 0 Å². The number of nitrogens with one attached hydrogen (secondary N) is 2. The van der Waals surface area contributed by atoms with Gasteiger partial charge in [0.1, 0.15) is 0 Å². The summed E-state index contributed by atoms with van der Waals surface area (Å²) in [5.41, 5.74) is -0.972. The molecule has 1 saturated carbocycles. The Morgan fingerprint density at radius 1 is 1.37 bits per heavy atom. The van der Waals surface area contributed by atoms with E-state index >= 15 is 0 Å². The number of hydrogen-bond donors (Lipinski definition) is 3. The van der Waals surface area contributed by atoms with Crippen LogP contribution >= 0.6 is 0 Å². The Morgan fingerprint density at radius 2 is 2.05 bits per heavy atom. The molecule has 0 aromatic carbocycles. The van der Waals surface area contributed by atoms with Crippen molar-refractivity contribution in [2.45, 2.75) is 25.7 Å². The minimum absolute atomic E-state index is 0.105. The van der Waals surface area contributed by atoms with E-state index in [-0.39, 0.29) is 17.7 Å². The van der Waals surface area contributed by atoms with Crippen molar-refractivity contribution >= 4 is 11.9 Å². The van der Waals surface area contributed by atoms with Gasteiger partial charge < -0.3 is 15.4 Å². The van der Waals surface area contributed by atoms with E-state index in [4.69, 9.17) is 0 Å². The van der Waals surface area contributed by atoms with Crippen LogP contribution in [0.25, 0.3) is 0 Å². The topological polar surface area (TPSA) is 99.3 Å². The number of pyridine rings is 1. The number of aromatic nitrogens is 1. The number of carbonyl (C=O) groups is 2. The quantitative estimate of drug-likeness (QED) is 0.747. The first-order chi connectivity index (χ1) is 9.03. The number of carbonyl (C=O) groups excluding carboxylic acids is 1. The van der Waals surface area contributed by atoms with Gasteiger partial charge in [0, 0.05) is 24.4 Å². The molecule has 19 heavy (non-hydrogen) atoms. The van der Waals surface area contributed by atoms with Gasteiger partial charge in [-0.3, -0.25) is 14.4 Å². The summed E-state index contributed by atoms with van der Waals surface area (Å²) >= 11 is 0. The molecule has 0 unspecified atom stereocenters. The Hall–Kier alpha value is -2.11. The van der Waals surface area contributed by atoms with Crippen molar-refractivity contribution in [2.75, 3.05) is 6.54 Å². The lowest BCUT2D eigenvalue weighted by atomic mass is 9.86. The second-order valence-corrected chi connectivity index (χ2v) is 4.92. The van der Waals surface area contributed by atoms with E-state index in [1.165, 1.54) is 18.3 Å². The summed E-state index contributed by atoms with van der Waals surface area (Å²) in [6.45, 7) is 0.105. The van der Waals surface area contributed by atoms with Gasteiger partial charge in [-0.2, -0.15) is 0 Å². The molecule has 3 N–H and O–H groups in total. The maximum absolute atomic E-state index is 11.9. The SMILES string of the molecule is O=C(NCC1(C(=O)O)CCCC1)c1cc[nH]c(=O)c1. The van der Waals surface area contributed by atoms with Crippen LogP contribution in [0.15, 0.2) is 23.1 Å². The molecule has 0 saturated heterocycles. The predicted octanol–water partition coefficient (Wildman–Crippen LogP) is 0.750. The summed E-state index contributed by atoms with van der Waals surface area (Å²) in [4.78, 5) is 36.7. The van der Waals surface area contributed by atoms with Gasteiger partial charge in [0.2, 0.25) is 5.56 Å². The van der Waals surface area contributed by atoms with Crippen molar-refractivity contribution in [2.24, 2.45) is 5.41 Å². The maximum atomic E-state index is 11.9. The van der Waals surface area contributed by atoms with Crippen LogP contribution < -0.4 is 10.9 Å². The highest BCUT2D eigenvalue weighted by atomic mass is 16.4. The molecule has 1 aromatic rings. The third-order valence-electron chi connectivity index (χ3n) is 3.64. The molecular formula is C13H16N2O4. The molecule has 102 valence electrons. The lowest BCUT2D eigenvalue weighted by Crippen LogP contribution is -2.41. The first-order valence-electron chi connectivity index (χ1n) is 6.24. The number of carboxylic acid groups (broad SMARTS) is 1. The van der Waals surface area contributed by atoms with Gasteiger partial charge in [-0.05, 0) is 18.9 Å². The first-order valence-corrected chi connectivity index (χ1v) is 6.24. The molecule has 2 rings (SSSR count). The van der Waals surface area contributed by atoms with Gasteiger partial charge in [0.15, 0.2) is 0 Å². The second kappa shape index (κ2) is 5.26. The molecule has 0 atom stereocenters. The number of aromatic amines is 1. The molecule has 6 heteroatoms. The molecule has 0 bridgehead atoms. The van der Waals surface area contributed by atoms with Crippen molar-refractivity contribution in [1.82, 2.24) is 10.3 Å². The highest BCUT2D eigenvalue weighted by Crippen LogP contribution is 2.37. The number of rotatable bonds is 4. The van der Waals surface area contributed by atoms with E-state index in [0.29, 0.717) is 12.8 Å². The van der Waals surface area contributed by atoms with E-state index in [9.17, 15) is 19.5 Å². The average Bonchev–Trinajstić information content (AvgIpc) is 2.86. The number of carboxylic acids is 1. The summed E-state index contributed by atoms with van der Waals surface area (Å²) in [7, 11) is 0. The zero-order valence-corrected chi connectivity index (χ0v) is 10.4. The standard InChI is InChI=1S/C13H16N2O4/c16-10-7-9(3-6-14-10)11(17)15-8-13(12(18)19)4-1-2-5-13/h3,6-7H,1-2,4-5,8H2,(H,14,16)(H,15,17)(H,18,19). The summed E-state index contributed by atoms with van der Waals surface area (Å²) in [6.07, 6.45) is 4.29. The smallest absolute Gasteiger partial charge is 0.311 e. The number of hydrogen-bond acceptors (Lipinski definition) is 3. The van der Waals surface area contributed by atoms with E-state index in [0.717, 1.165) is 12.8 Å². The van der Waals surface area contributed by atoms with Crippen LogP contribution in [0.3, 0.4) is 0 Å². The number of H-pyrrole nitrogens is 1. The Labute approximate surface area is 109 Å². The molecule has 1 aliphatic carbocycles. The largest absolute Gasteiger partial charge is 0.481 e. The van der Waals surface area contributed by atoms with Crippen molar-refractivity contribution in [1.29, 1.82) is 0 Å². The van der Waals surface area contributed by atoms with Crippen LogP contribution in [0.4, 0.5) is 0 Å². The lowest BCUT2D eigenvalue weighted by molar-refractivity contribution is -0.148. The normalized spacial score (nSPS) is 17.1. The Kier molecular flexibility index (Phi) is 3.69. The monoisotopic (exact) mass is 264 g/mol. The molecule has 0 spiro atoms. The van der Waals surface area contributed by atoms with Gasteiger partial charge in [0.25, 0.3) is 5.91 Å². The minimum atomic E-state index is -0.865. The molecule has 1 aromatic heterocycles. The first kappa shape index (κ1) is 13.3. The summed E-state index contributed by atoms with van der Waals surface area (Å²) in [6, 6.07) is 2.68. The Morgan fingerprint density at radius 3 is 2.63 bits per heavy atom. The zero-order chi connectivity index (χ0) is 13.9. The van der Waals surface area contributed by atoms with Gasteiger partial charge in [-0.15, -0.1) is 0 Å². The fourth-order valence-corrected chi connectivity index (χ4v) is 2.46. The zero-order valence-electron chi connectivity index (χ0n) is 10.4. The predicted molar refractivity (Wildman–Crippen MR) is 67.9 cm³/mol. The second-order valence-electron chi connectivity index (χ2n) is 4.92. The van der Waals surface area contributed by atoms with Crippen molar-refractivity contribution < 1.29 is 14.7 Å². The van der Waals surface area contributed by atoms with Crippen LogP contribution in [0.2, 0.25) is 0 Å². The maximum Gasteiger partial charge on any atom is 0.311 e. The summed E-state index contributed by atoms with van der Waals surface area (Å²) in [5, 5.41) is 11.9. The highest BCUT2D eigenvalue weighted by Gasteiger charge is 2.41. The van der Waals surface area contributed by atoms with Gasteiger partial charge in [0.05, 0.1) is 5.41 Å². The molecule has 0 aliphatic heterocycles. The summed E-state index contributed by atoms with van der Waals surface area (Å²) < 4.78 is 0. The minimum Gasteiger partial charge on any atom is -0.481 e. The van der Waals surface area contributed by atoms with Crippen LogP contribution in [0, 0.1) is 5.41 Å². The highest BCUT2D eigenvalue weighted by molar-refractivity contribution is 5.94. The fourth-order valence-electron chi connectivity index (χ4n) is 2.46. The molecule has 1 heterocycles. The molecule has 6 nitrogen and oxygen atoms in total. The van der Waals surface area contributed by atoms with Crippen LogP contribution in [-0.4, -0.2) is 28.5 Å². The van der Waals surface area contributed by atoms with Crippen LogP contribution in [0.1, 0.15) is 36.0 Å². The van der Waals surface area contributed by atoms with E-state index in [1.807, 2.05) is 0 Å². The van der Waals surface area contributed by atoms with Gasteiger partial charge in [-0.1, -0.05) is 12.8 Å². The third kappa shape index (κ3) is 2.83. The Balaban J connectivity index is 2.04. The van der Waals surface area contributed by atoms with Crippen molar-refractivity contribution in [3.8, 4) is 0 Å². The lowest BCUT2D eigenvalue weighted by Gasteiger charge is -2.23. The summed E-state index contributed by atoms with van der Waals surface area (Å²) in [5.74, 6) is -1.28. The average molecular weight is 264 g/mol. The van der Waals surface area contributed by atoms with E-state index in [1.54, 1.807) is 0 Å². The molecular weight excluding hydrogens is 248 g/mol. The third-order valence-corrected chi connectivity index (χ3v) is 3.64. The molecule has 1 aliphatic rings. The molecule has 0 radical (unpaired) electrons.